The fraction of sp³-hybridized carbons (Fsp3) is 1.00. The van der Waals surface area contributed by atoms with Crippen LogP contribution in [0.3, 0.4) is 0 Å². The average molecular weight is 361 g/mol. The summed E-state index contributed by atoms with van der Waals surface area (Å²) in [4.78, 5) is 0. The van der Waals surface area contributed by atoms with E-state index in [9.17, 15) is 0 Å². The maximum absolute atomic E-state index is 8.60. The summed E-state index contributed by atoms with van der Waals surface area (Å²) in [6, 6.07) is 0. The largest absolute Gasteiger partial charge is 0.394 e. The molecule has 0 aliphatic heterocycles. The summed E-state index contributed by atoms with van der Waals surface area (Å²) in [5, 5.41) is 8.60. The van der Waals surface area contributed by atoms with Gasteiger partial charge in [0.15, 0.2) is 0 Å². The van der Waals surface area contributed by atoms with E-state index >= 15 is 0 Å². The monoisotopic (exact) mass is 360 g/mol. The lowest BCUT2D eigenvalue weighted by Gasteiger charge is -2.21. The van der Waals surface area contributed by atoms with Crippen LogP contribution in [0.2, 0.25) is 0 Å². The molecule has 0 heterocycles. The van der Waals surface area contributed by atoms with Crippen molar-refractivity contribution in [3.63, 3.8) is 0 Å². The Morgan fingerprint density at radius 1 is 0.680 bits per heavy atom. The second-order valence-corrected chi connectivity index (χ2v) is 7.22. The fourth-order valence-electron chi connectivity index (χ4n) is 2.91. The molecule has 0 aliphatic carbocycles. The van der Waals surface area contributed by atoms with Crippen molar-refractivity contribution in [3.8, 4) is 0 Å². The van der Waals surface area contributed by atoms with Gasteiger partial charge in [0, 0.05) is 0 Å². The molecule has 1 atom stereocenters. The van der Waals surface area contributed by atoms with Gasteiger partial charge in [-0.2, -0.15) is 0 Å². The van der Waals surface area contributed by atoms with Crippen molar-refractivity contribution in [2.75, 3.05) is 39.6 Å². The zero-order valence-electron chi connectivity index (χ0n) is 17.1. The second kappa shape index (κ2) is 20.2. The Kier molecular flexibility index (Phi) is 20.0. The molecule has 0 saturated carbocycles. The lowest BCUT2D eigenvalue weighted by molar-refractivity contribution is -0.0310. The molecule has 1 unspecified atom stereocenters. The first-order valence-corrected chi connectivity index (χ1v) is 10.6. The van der Waals surface area contributed by atoms with Gasteiger partial charge in [-0.05, 0) is 12.3 Å². The first-order valence-electron chi connectivity index (χ1n) is 10.6. The van der Waals surface area contributed by atoms with Crippen LogP contribution in [-0.4, -0.2) is 50.9 Å². The van der Waals surface area contributed by atoms with Crippen molar-refractivity contribution in [3.05, 3.63) is 0 Å². The zero-order valence-corrected chi connectivity index (χ0v) is 17.1. The summed E-state index contributed by atoms with van der Waals surface area (Å²) in [5.41, 5.74) is 0. The normalized spacial score (nSPS) is 12.8. The van der Waals surface area contributed by atoms with Gasteiger partial charge >= 0.3 is 0 Å². The van der Waals surface area contributed by atoms with E-state index in [4.69, 9.17) is 19.3 Å². The molecule has 4 heteroatoms. The molecule has 0 radical (unpaired) electrons. The minimum atomic E-state index is 0.0675. The summed E-state index contributed by atoms with van der Waals surface area (Å²) in [7, 11) is 0. The van der Waals surface area contributed by atoms with Crippen LogP contribution in [0.15, 0.2) is 0 Å². The number of rotatable bonds is 20. The molecular formula is C21H44O4. The Balaban J connectivity index is 3.46. The third kappa shape index (κ3) is 18.4. The van der Waals surface area contributed by atoms with Crippen LogP contribution in [-0.2, 0) is 14.2 Å². The van der Waals surface area contributed by atoms with Gasteiger partial charge in [-0.1, -0.05) is 78.6 Å². The second-order valence-electron chi connectivity index (χ2n) is 7.22. The number of unbranched alkanes of at least 4 members (excludes halogenated alkanes) is 8. The molecule has 0 spiro atoms. The first-order chi connectivity index (χ1) is 12.2. The molecule has 1 N–H and O–H groups in total. The van der Waals surface area contributed by atoms with E-state index in [1.807, 2.05) is 0 Å². The van der Waals surface area contributed by atoms with Crippen molar-refractivity contribution in [2.24, 2.45) is 5.92 Å². The van der Waals surface area contributed by atoms with E-state index in [2.05, 4.69) is 20.8 Å². The third-order valence-corrected chi connectivity index (χ3v) is 4.50. The molecule has 0 rings (SSSR count). The van der Waals surface area contributed by atoms with Crippen LogP contribution in [0.1, 0.15) is 85.0 Å². The van der Waals surface area contributed by atoms with Crippen molar-refractivity contribution in [1.29, 1.82) is 0 Å². The molecule has 0 aromatic rings. The van der Waals surface area contributed by atoms with Gasteiger partial charge < -0.3 is 19.3 Å². The van der Waals surface area contributed by atoms with Gasteiger partial charge in [-0.3, -0.25) is 0 Å². The van der Waals surface area contributed by atoms with E-state index in [0.29, 0.717) is 45.1 Å². The van der Waals surface area contributed by atoms with E-state index in [0.717, 1.165) is 6.42 Å². The maximum Gasteiger partial charge on any atom is 0.0704 e. The summed E-state index contributed by atoms with van der Waals surface area (Å²) in [5.74, 6) is 0.557. The number of ether oxygens (including phenoxy) is 3. The maximum atomic E-state index is 8.60. The van der Waals surface area contributed by atoms with Gasteiger partial charge in [0.1, 0.15) is 0 Å². The molecule has 0 saturated heterocycles. The van der Waals surface area contributed by atoms with Crippen LogP contribution < -0.4 is 0 Å². The van der Waals surface area contributed by atoms with Gasteiger partial charge in [0.05, 0.1) is 45.7 Å². The lowest BCUT2D eigenvalue weighted by atomic mass is 9.99. The standard InChI is InChI=1S/C21H44O4/c1-4-5-6-7-8-9-10-11-12-13-21(20(2)3)25-19-18-24-17-16-23-15-14-22/h20-22H,4-19H2,1-3H3. The molecule has 0 bridgehead atoms. The molecule has 4 nitrogen and oxygen atoms in total. The quantitative estimate of drug-likeness (QED) is 0.311. The van der Waals surface area contributed by atoms with Crippen molar-refractivity contribution >= 4 is 0 Å². The number of aliphatic hydroxyl groups excluding tert-OH is 1. The molecular weight excluding hydrogens is 316 g/mol. The van der Waals surface area contributed by atoms with Gasteiger partial charge in [-0.25, -0.2) is 0 Å². The van der Waals surface area contributed by atoms with E-state index in [-0.39, 0.29) is 6.61 Å². The summed E-state index contributed by atoms with van der Waals surface area (Å²) in [6.07, 6.45) is 13.8. The lowest BCUT2D eigenvalue weighted by Crippen LogP contribution is -2.22. The smallest absolute Gasteiger partial charge is 0.0704 e. The van der Waals surface area contributed by atoms with Crippen LogP contribution in [0.4, 0.5) is 0 Å². The highest BCUT2D eigenvalue weighted by Crippen LogP contribution is 2.16. The summed E-state index contributed by atoms with van der Waals surface area (Å²) >= 11 is 0. The van der Waals surface area contributed by atoms with Gasteiger partial charge in [0.2, 0.25) is 0 Å². The van der Waals surface area contributed by atoms with Gasteiger partial charge in [0.25, 0.3) is 0 Å². The Labute approximate surface area is 156 Å². The molecule has 0 amide bonds. The van der Waals surface area contributed by atoms with Crippen LogP contribution in [0, 0.1) is 5.92 Å². The molecule has 0 aliphatic rings. The molecule has 152 valence electrons. The number of hydrogen-bond acceptors (Lipinski definition) is 4. The average Bonchev–Trinajstić information content (AvgIpc) is 2.60. The third-order valence-electron chi connectivity index (χ3n) is 4.50. The Bertz CT molecular complexity index is 246. The fourth-order valence-corrected chi connectivity index (χ4v) is 2.91. The Morgan fingerprint density at radius 2 is 1.20 bits per heavy atom. The van der Waals surface area contributed by atoms with Crippen LogP contribution in [0.5, 0.6) is 0 Å². The highest BCUT2D eigenvalue weighted by atomic mass is 16.5. The van der Waals surface area contributed by atoms with E-state index in [1.165, 1.54) is 57.8 Å². The van der Waals surface area contributed by atoms with Crippen LogP contribution >= 0.6 is 0 Å². The predicted molar refractivity (Wildman–Crippen MR) is 105 cm³/mol. The summed E-state index contributed by atoms with van der Waals surface area (Å²) in [6.45, 7) is 9.56. The predicted octanol–water partition coefficient (Wildman–Crippen LogP) is 4.97. The zero-order chi connectivity index (χ0) is 18.6. The summed E-state index contributed by atoms with van der Waals surface area (Å²) < 4.78 is 16.6. The van der Waals surface area contributed by atoms with Crippen molar-refractivity contribution < 1.29 is 19.3 Å². The van der Waals surface area contributed by atoms with Crippen LogP contribution in [0.25, 0.3) is 0 Å². The van der Waals surface area contributed by atoms with Crippen molar-refractivity contribution in [1.82, 2.24) is 0 Å². The minimum absolute atomic E-state index is 0.0675. The molecule has 0 fully saturated rings. The Morgan fingerprint density at radius 3 is 1.76 bits per heavy atom. The highest BCUT2D eigenvalue weighted by molar-refractivity contribution is 4.63. The van der Waals surface area contributed by atoms with Crippen molar-refractivity contribution in [2.45, 2.75) is 91.1 Å². The topological polar surface area (TPSA) is 47.9 Å². The first kappa shape index (κ1) is 24.8. The molecule has 25 heavy (non-hydrogen) atoms. The highest BCUT2D eigenvalue weighted by Gasteiger charge is 2.13. The SMILES string of the molecule is CCCCCCCCCCCC(OCCOCCOCCO)C(C)C. The van der Waals surface area contributed by atoms with Gasteiger partial charge in [-0.15, -0.1) is 0 Å². The number of aliphatic hydroxyl groups is 1. The molecule has 0 aromatic carbocycles. The molecule has 0 aromatic heterocycles. The minimum Gasteiger partial charge on any atom is -0.394 e. The Hall–Kier alpha value is -0.160. The van der Waals surface area contributed by atoms with E-state index < -0.39 is 0 Å². The number of hydrogen-bond donors (Lipinski definition) is 1. The van der Waals surface area contributed by atoms with E-state index in [1.54, 1.807) is 0 Å².